The molecular weight excluding hydrogens is 330 g/mol. The standard InChI is InChI=1S/C20H29N3O3/c1-2-18-5-14-6-19(11-18,13-20(26,7-14)12-18)17(25)22-9-15-8-21-23(3-4-24)16(15)10-22/h8,14,24,26H,2-7,9-13H2,1H3/t14-,18-,19-,20-/m1/s1. The van der Waals surface area contributed by atoms with E-state index in [0.717, 1.165) is 43.4 Å². The Morgan fingerprint density at radius 1 is 1.27 bits per heavy atom. The second-order valence-electron chi connectivity index (χ2n) is 9.59. The van der Waals surface area contributed by atoms with Gasteiger partial charge in [-0.3, -0.25) is 9.48 Å². The molecule has 2 N–H and O–H groups in total. The maximum atomic E-state index is 13.7. The van der Waals surface area contributed by atoms with E-state index in [1.54, 1.807) is 0 Å². The summed E-state index contributed by atoms with van der Waals surface area (Å²) < 4.78 is 1.82. The summed E-state index contributed by atoms with van der Waals surface area (Å²) in [5, 5.41) is 24.7. The van der Waals surface area contributed by atoms with E-state index in [2.05, 4.69) is 12.0 Å². The number of amides is 1. The second kappa shape index (κ2) is 5.32. The van der Waals surface area contributed by atoms with Gasteiger partial charge in [0, 0.05) is 12.1 Å². The Labute approximate surface area is 154 Å². The van der Waals surface area contributed by atoms with E-state index in [4.69, 9.17) is 0 Å². The Bertz CT molecular complexity index is 761. The Morgan fingerprint density at radius 3 is 2.85 bits per heavy atom. The molecule has 0 saturated heterocycles. The first-order valence-electron chi connectivity index (χ1n) is 10.1. The van der Waals surface area contributed by atoms with E-state index in [1.807, 2.05) is 15.8 Å². The summed E-state index contributed by atoms with van der Waals surface area (Å²) in [5.74, 6) is 0.736. The van der Waals surface area contributed by atoms with Crippen LogP contribution in [0.15, 0.2) is 6.20 Å². The summed E-state index contributed by atoms with van der Waals surface area (Å²) in [6, 6.07) is 0. The van der Waals surface area contributed by atoms with Crippen molar-refractivity contribution in [1.82, 2.24) is 14.7 Å². The minimum Gasteiger partial charge on any atom is -0.394 e. The highest BCUT2D eigenvalue weighted by Gasteiger charge is 2.65. The predicted molar refractivity (Wildman–Crippen MR) is 94.9 cm³/mol. The van der Waals surface area contributed by atoms with Crippen molar-refractivity contribution in [1.29, 1.82) is 0 Å². The van der Waals surface area contributed by atoms with Crippen LogP contribution in [0.5, 0.6) is 0 Å². The summed E-state index contributed by atoms with van der Waals surface area (Å²) in [6.45, 7) is 3.95. The van der Waals surface area contributed by atoms with Gasteiger partial charge in [-0.15, -0.1) is 0 Å². The van der Waals surface area contributed by atoms with E-state index < -0.39 is 5.60 Å². The molecular formula is C20H29N3O3. The molecule has 0 aromatic carbocycles. The maximum Gasteiger partial charge on any atom is 0.229 e. The number of rotatable bonds is 4. The highest BCUT2D eigenvalue weighted by Crippen LogP contribution is 2.68. The zero-order chi connectivity index (χ0) is 18.2. The first-order chi connectivity index (χ1) is 12.4. The van der Waals surface area contributed by atoms with E-state index in [-0.39, 0.29) is 23.3 Å². The number of carbonyl (C=O) groups is 1. The molecule has 4 fully saturated rings. The van der Waals surface area contributed by atoms with Crippen molar-refractivity contribution in [3.05, 3.63) is 17.5 Å². The fourth-order valence-electron chi connectivity index (χ4n) is 7.19. The average Bonchev–Trinajstić information content (AvgIpc) is 3.14. The van der Waals surface area contributed by atoms with E-state index >= 15 is 0 Å². The van der Waals surface area contributed by atoms with Crippen LogP contribution in [0.1, 0.15) is 63.1 Å². The molecule has 1 aliphatic heterocycles. The molecule has 5 aliphatic rings. The lowest BCUT2D eigenvalue weighted by Crippen LogP contribution is -2.63. The number of nitrogens with zero attached hydrogens (tertiary/aromatic N) is 3. The number of aliphatic hydroxyl groups is 2. The molecule has 1 aromatic rings. The van der Waals surface area contributed by atoms with Gasteiger partial charge in [0.1, 0.15) is 0 Å². The topological polar surface area (TPSA) is 78.6 Å². The Morgan fingerprint density at radius 2 is 2.12 bits per heavy atom. The minimum atomic E-state index is -0.634. The Balaban J connectivity index is 1.42. The molecule has 6 nitrogen and oxygen atoms in total. The van der Waals surface area contributed by atoms with Crippen molar-refractivity contribution in [3.8, 4) is 0 Å². The molecule has 2 heterocycles. The molecule has 0 unspecified atom stereocenters. The fraction of sp³-hybridized carbons (Fsp3) is 0.800. The van der Waals surface area contributed by atoms with Crippen molar-refractivity contribution >= 4 is 5.91 Å². The van der Waals surface area contributed by atoms with Gasteiger partial charge in [0.2, 0.25) is 5.91 Å². The molecule has 26 heavy (non-hydrogen) atoms. The van der Waals surface area contributed by atoms with Gasteiger partial charge in [-0.05, 0) is 49.9 Å². The molecule has 142 valence electrons. The summed E-state index contributed by atoms with van der Waals surface area (Å²) in [4.78, 5) is 15.6. The van der Waals surface area contributed by atoms with Gasteiger partial charge in [0.25, 0.3) is 0 Å². The molecule has 1 amide bonds. The smallest absolute Gasteiger partial charge is 0.229 e. The zero-order valence-corrected chi connectivity index (χ0v) is 15.6. The summed E-state index contributed by atoms with van der Waals surface area (Å²) in [7, 11) is 0. The molecule has 4 atom stereocenters. The summed E-state index contributed by atoms with van der Waals surface area (Å²) >= 11 is 0. The number of hydrogen-bond acceptors (Lipinski definition) is 4. The highest BCUT2D eigenvalue weighted by molar-refractivity contribution is 5.84. The third kappa shape index (κ3) is 2.24. The van der Waals surface area contributed by atoms with Crippen molar-refractivity contribution in [3.63, 3.8) is 0 Å². The van der Waals surface area contributed by atoms with Crippen LogP contribution in [0.3, 0.4) is 0 Å². The Kier molecular flexibility index (Phi) is 3.43. The quantitative estimate of drug-likeness (QED) is 0.860. The summed E-state index contributed by atoms with van der Waals surface area (Å²) in [6.07, 6.45) is 8.39. The van der Waals surface area contributed by atoms with Crippen LogP contribution in [0.2, 0.25) is 0 Å². The van der Waals surface area contributed by atoms with E-state index in [0.29, 0.717) is 32.0 Å². The lowest BCUT2D eigenvalue weighted by atomic mass is 9.42. The molecule has 4 bridgehead atoms. The average molecular weight is 359 g/mol. The van der Waals surface area contributed by atoms with Crippen molar-refractivity contribution in [2.45, 2.75) is 77.1 Å². The molecule has 6 heteroatoms. The van der Waals surface area contributed by atoms with Crippen LogP contribution in [-0.4, -0.2) is 43.0 Å². The van der Waals surface area contributed by atoms with Crippen LogP contribution in [0.4, 0.5) is 0 Å². The number of carbonyl (C=O) groups excluding carboxylic acids is 1. The van der Waals surface area contributed by atoms with Crippen LogP contribution in [-0.2, 0) is 24.4 Å². The number of aromatic nitrogens is 2. The first-order valence-corrected chi connectivity index (χ1v) is 10.1. The largest absolute Gasteiger partial charge is 0.394 e. The highest BCUT2D eigenvalue weighted by atomic mass is 16.3. The maximum absolute atomic E-state index is 13.7. The Hall–Kier alpha value is -1.40. The number of aliphatic hydroxyl groups excluding tert-OH is 1. The monoisotopic (exact) mass is 359 g/mol. The molecule has 4 saturated carbocycles. The van der Waals surface area contributed by atoms with E-state index in [9.17, 15) is 15.0 Å². The molecule has 1 aromatic heterocycles. The molecule has 6 rings (SSSR count). The number of hydrogen-bond donors (Lipinski definition) is 2. The number of fused-ring (bicyclic) bond motifs is 1. The van der Waals surface area contributed by atoms with Gasteiger partial charge in [0.15, 0.2) is 0 Å². The van der Waals surface area contributed by atoms with Crippen LogP contribution in [0.25, 0.3) is 0 Å². The van der Waals surface area contributed by atoms with Gasteiger partial charge in [-0.25, -0.2) is 0 Å². The lowest BCUT2D eigenvalue weighted by Gasteiger charge is -2.64. The van der Waals surface area contributed by atoms with Gasteiger partial charge in [-0.1, -0.05) is 13.3 Å². The van der Waals surface area contributed by atoms with Crippen LogP contribution >= 0.6 is 0 Å². The third-order valence-corrected chi connectivity index (χ3v) is 7.69. The van der Waals surface area contributed by atoms with Gasteiger partial charge >= 0.3 is 0 Å². The SMILES string of the molecule is CC[C@]12C[C@H]3C[C@@](O)(C1)C[C@@](C(=O)N1Cc4cnn(CCO)c4C1)(C3)C2. The van der Waals surface area contributed by atoms with Crippen molar-refractivity contribution in [2.24, 2.45) is 16.7 Å². The van der Waals surface area contributed by atoms with Crippen LogP contribution in [0, 0.1) is 16.7 Å². The van der Waals surface area contributed by atoms with Crippen molar-refractivity contribution in [2.75, 3.05) is 6.61 Å². The van der Waals surface area contributed by atoms with Crippen LogP contribution < -0.4 is 0 Å². The molecule has 4 aliphatic carbocycles. The predicted octanol–water partition coefficient (Wildman–Crippen LogP) is 1.83. The summed E-state index contributed by atoms with van der Waals surface area (Å²) in [5.41, 5.74) is 1.31. The second-order valence-corrected chi connectivity index (χ2v) is 9.59. The fourth-order valence-corrected chi connectivity index (χ4v) is 7.19. The third-order valence-electron chi connectivity index (χ3n) is 7.69. The molecule has 0 spiro atoms. The van der Waals surface area contributed by atoms with Gasteiger partial charge in [0.05, 0.1) is 42.6 Å². The first kappa shape index (κ1) is 16.8. The normalized spacial score (nSPS) is 40.3. The minimum absolute atomic E-state index is 0.0553. The zero-order valence-electron chi connectivity index (χ0n) is 15.6. The lowest BCUT2D eigenvalue weighted by molar-refractivity contribution is -0.210. The van der Waals surface area contributed by atoms with E-state index in [1.165, 1.54) is 6.42 Å². The van der Waals surface area contributed by atoms with Crippen molar-refractivity contribution < 1.29 is 15.0 Å². The van der Waals surface area contributed by atoms with Gasteiger partial charge in [-0.2, -0.15) is 5.10 Å². The van der Waals surface area contributed by atoms with Gasteiger partial charge < -0.3 is 15.1 Å². The molecule has 0 radical (unpaired) electrons.